The van der Waals surface area contributed by atoms with E-state index in [1.807, 2.05) is 13.0 Å². The summed E-state index contributed by atoms with van der Waals surface area (Å²) in [6.45, 7) is 1.84. The number of hydrogen-bond acceptors (Lipinski definition) is 3. The van der Waals surface area contributed by atoms with E-state index in [1.165, 1.54) is 0 Å². The Morgan fingerprint density at radius 2 is 2.67 bits per heavy atom. The lowest BCUT2D eigenvalue weighted by Crippen LogP contribution is -2.05. The van der Waals surface area contributed by atoms with E-state index in [-0.39, 0.29) is 6.10 Å². The Hall–Kier alpha value is -0.870. The Labute approximate surface area is 53.0 Å². The molecule has 0 aliphatic heterocycles. The van der Waals surface area contributed by atoms with Gasteiger partial charge in [0.1, 0.15) is 6.10 Å². The number of nitrogens with one attached hydrogen (secondary N) is 1. The largest absolute Gasteiger partial charge is 0.295 e. The molecule has 4 nitrogen and oxygen atoms in total. The smallest absolute Gasteiger partial charge is 0.117 e. The zero-order valence-corrected chi connectivity index (χ0v) is 5.16. The quantitative estimate of drug-likeness (QED) is 0.564. The first-order valence-electron chi connectivity index (χ1n) is 2.69. The Bertz CT molecular complexity index is 161. The van der Waals surface area contributed by atoms with Gasteiger partial charge in [-0.1, -0.05) is 0 Å². The van der Waals surface area contributed by atoms with Gasteiger partial charge < -0.3 is 0 Å². The number of nitrogens with zero attached hydrogens (tertiary/aromatic N) is 1. The molecule has 0 fully saturated rings. The van der Waals surface area contributed by atoms with Gasteiger partial charge >= 0.3 is 0 Å². The van der Waals surface area contributed by atoms with Gasteiger partial charge in [0.05, 0.1) is 5.69 Å². The lowest BCUT2D eigenvalue weighted by Gasteiger charge is -2.02. The predicted octanol–water partition coefficient (Wildman–Crippen LogP) is 0.361. The standard InChI is InChI=1S/C5H9N3O/c1-4(9-6)5-2-3-7-8-5/h2-4H,6H2,1H3,(H,7,8). The van der Waals surface area contributed by atoms with Crippen LogP contribution >= 0.6 is 0 Å². The molecule has 1 rings (SSSR count). The molecule has 0 amide bonds. The third kappa shape index (κ3) is 1.28. The molecule has 0 saturated heterocycles. The molecule has 0 radical (unpaired) electrons. The molecule has 0 aliphatic rings. The minimum Gasteiger partial charge on any atom is -0.295 e. The van der Waals surface area contributed by atoms with Crippen LogP contribution in [0.15, 0.2) is 12.3 Å². The van der Waals surface area contributed by atoms with E-state index < -0.39 is 0 Å². The van der Waals surface area contributed by atoms with Crippen LogP contribution in [0.25, 0.3) is 0 Å². The lowest BCUT2D eigenvalue weighted by atomic mass is 10.3. The van der Waals surface area contributed by atoms with Crippen LogP contribution in [0.4, 0.5) is 0 Å². The summed E-state index contributed by atoms with van der Waals surface area (Å²) in [7, 11) is 0. The number of H-pyrrole nitrogens is 1. The Kier molecular flexibility index (Phi) is 1.81. The first-order chi connectivity index (χ1) is 4.34. The number of aromatic amines is 1. The highest BCUT2D eigenvalue weighted by Crippen LogP contribution is 2.08. The summed E-state index contributed by atoms with van der Waals surface area (Å²) >= 11 is 0. The Morgan fingerprint density at radius 3 is 3.11 bits per heavy atom. The van der Waals surface area contributed by atoms with Gasteiger partial charge in [-0.3, -0.25) is 9.94 Å². The zero-order chi connectivity index (χ0) is 6.69. The van der Waals surface area contributed by atoms with Crippen LogP contribution in [0.2, 0.25) is 0 Å². The van der Waals surface area contributed by atoms with Crippen molar-refractivity contribution in [1.82, 2.24) is 10.2 Å². The lowest BCUT2D eigenvalue weighted by molar-refractivity contribution is 0.0634. The monoisotopic (exact) mass is 127 g/mol. The SMILES string of the molecule is CC(ON)c1ccn[nH]1. The second-order valence-electron chi connectivity index (χ2n) is 1.79. The molecule has 1 unspecified atom stereocenters. The van der Waals surface area contributed by atoms with Crippen LogP contribution in [-0.4, -0.2) is 10.2 Å². The second kappa shape index (κ2) is 2.61. The maximum Gasteiger partial charge on any atom is 0.117 e. The number of rotatable bonds is 2. The summed E-state index contributed by atoms with van der Waals surface area (Å²) < 4.78 is 0. The van der Waals surface area contributed by atoms with Crippen molar-refractivity contribution in [2.24, 2.45) is 5.90 Å². The van der Waals surface area contributed by atoms with Gasteiger partial charge in [-0.05, 0) is 13.0 Å². The van der Waals surface area contributed by atoms with Crippen LogP contribution in [0.1, 0.15) is 18.7 Å². The zero-order valence-electron chi connectivity index (χ0n) is 5.16. The third-order valence-electron chi connectivity index (χ3n) is 1.16. The maximum absolute atomic E-state index is 4.92. The minimum atomic E-state index is -0.104. The molecule has 9 heavy (non-hydrogen) atoms. The Balaban J connectivity index is 2.65. The van der Waals surface area contributed by atoms with Crippen molar-refractivity contribution in [1.29, 1.82) is 0 Å². The fourth-order valence-corrected chi connectivity index (χ4v) is 0.566. The topological polar surface area (TPSA) is 63.9 Å². The summed E-state index contributed by atoms with van der Waals surface area (Å²) in [6, 6.07) is 1.82. The van der Waals surface area contributed by atoms with Crippen molar-refractivity contribution >= 4 is 0 Å². The molecule has 0 aliphatic carbocycles. The van der Waals surface area contributed by atoms with Gasteiger partial charge in [-0.15, -0.1) is 0 Å². The van der Waals surface area contributed by atoms with Crippen LogP contribution in [0, 0.1) is 0 Å². The fourth-order valence-electron chi connectivity index (χ4n) is 0.566. The molecular weight excluding hydrogens is 118 g/mol. The number of aromatic nitrogens is 2. The van der Waals surface area contributed by atoms with Crippen molar-refractivity contribution in [3.8, 4) is 0 Å². The molecular formula is C5H9N3O. The highest BCUT2D eigenvalue weighted by Gasteiger charge is 2.02. The summed E-state index contributed by atoms with van der Waals surface area (Å²) in [5.41, 5.74) is 0.887. The van der Waals surface area contributed by atoms with Crippen molar-refractivity contribution in [3.05, 3.63) is 18.0 Å². The van der Waals surface area contributed by atoms with Crippen molar-refractivity contribution < 1.29 is 4.84 Å². The minimum absolute atomic E-state index is 0.104. The summed E-state index contributed by atoms with van der Waals surface area (Å²) in [5.74, 6) is 4.92. The van der Waals surface area contributed by atoms with Crippen LogP contribution in [0.5, 0.6) is 0 Å². The molecule has 1 aromatic rings. The molecule has 1 aromatic heterocycles. The third-order valence-corrected chi connectivity index (χ3v) is 1.16. The van der Waals surface area contributed by atoms with E-state index in [4.69, 9.17) is 5.90 Å². The van der Waals surface area contributed by atoms with E-state index in [1.54, 1.807) is 6.20 Å². The van der Waals surface area contributed by atoms with E-state index in [0.29, 0.717) is 0 Å². The molecule has 0 aromatic carbocycles. The van der Waals surface area contributed by atoms with E-state index in [0.717, 1.165) is 5.69 Å². The fraction of sp³-hybridized carbons (Fsp3) is 0.400. The van der Waals surface area contributed by atoms with E-state index in [9.17, 15) is 0 Å². The normalized spacial score (nSPS) is 13.6. The molecule has 3 N–H and O–H groups in total. The van der Waals surface area contributed by atoms with Crippen molar-refractivity contribution in [2.45, 2.75) is 13.0 Å². The first kappa shape index (κ1) is 6.25. The predicted molar refractivity (Wildman–Crippen MR) is 32.3 cm³/mol. The summed E-state index contributed by atoms with van der Waals surface area (Å²) in [6.07, 6.45) is 1.55. The van der Waals surface area contributed by atoms with Crippen molar-refractivity contribution in [2.75, 3.05) is 0 Å². The highest BCUT2D eigenvalue weighted by molar-refractivity contribution is 5.00. The second-order valence-corrected chi connectivity index (χ2v) is 1.79. The van der Waals surface area contributed by atoms with Gasteiger partial charge in [0, 0.05) is 6.20 Å². The van der Waals surface area contributed by atoms with Gasteiger partial charge in [0.15, 0.2) is 0 Å². The molecule has 1 heterocycles. The van der Waals surface area contributed by atoms with Crippen LogP contribution in [0.3, 0.4) is 0 Å². The molecule has 0 spiro atoms. The van der Waals surface area contributed by atoms with Gasteiger partial charge in [-0.25, -0.2) is 5.90 Å². The molecule has 50 valence electrons. The molecule has 1 atom stereocenters. The average molecular weight is 127 g/mol. The number of nitrogens with two attached hydrogens (primary N) is 1. The summed E-state index contributed by atoms with van der Waals surface area (Å²) in [5, 5.41) is 6.46. The molecule has 0 saturated carbocycles. The van der Waals surface area contributed by atoms with Crippen LogP contribution in [-0.2, 0) is 4.84 Å². The summed E-state index contributed by atoms with van der Waals surface area (Å²) in [4.78, 5) is 4.52. The van der Waals surface area contributed by atoms with Crippen molar-refractivity contribution in [3.63, 3.8) is 0 Å². The van der Waals surface area contributed by atoms with E-state index >= 15 is 0 Å². The number of hydrogen-bond donors (Lipinski definition) is 2. The maximum atomic E-state index is 4.92. The van der Waals surface area contributed by atoms with Crippen LogP contribution < -0.4 is 5.90 Å². The van der Waals surface area contributed by atoms with Gasteiger partial charge in [0.2, 0.25) is 0 Å². The first-order valence-corrected chi connectivity index (χ1v) is 2.69. The Morgan fingerprint density at radius 1 is 1.89 bits per heavy atom. The highest BCUT2D eigenvalue weighted by atomic mass is 16.6. The average Bonchev–Trinajstić information content (AvgIpc) is 2.37. The van der Waals surface area contributed by atoms with Gasteiger partial charge in [-0.2, -0.15) is 5.10 Å². The van der Waals surface area contributed by atoms with E-state index in [2.05, 4.69) is 15.0 Å². The molecule has 4 heteroatoms. The molecule has 0 bridgehead atoms. The van der Waals surface area contributed by atoms with Gasteiger partial charge in [0.25, 0.3) is 0 Å².